The lowest BCUT2D eigenvalue weighted by atomic mass is 9.72. The van der Waals surface area contributed by atoms with E-state index in [2.05, 4.69) is 23.5 Å². The molecule has 6 nitrogen and oxygen atoms in total. The molecule has 4 rings (SSSR count). The third-order valence-corrected chi connectivity index (χ3v) is 6.28. The first kappa shape index (κ1) is 20.1. The van der Waals surface area contributed by atoms with Crippen molar-refractivity contribution in [2.75, 3.05) is 13.1 Å². The summed E-state index contributed by atoms with van der Waals surface area (Å²) in [5.74, 6) is 0.0504. The average Bonchev–Trinajstić information content (AvgIpc) is 2.78. The van der Waals surface area contributed by atoms with Crippen molar-refractivity contribution in [3.8, 4) is 0 Å². The van der Waals surface area contributed by atoms with Crippen LogP contribution in [0.4, 0.5) is 0 Å². The Labute approximate surface area is 171 Å². The zero-order valence-electron chi connectivity index (χ0n) is 16.6. The van der Waals surface area contributed by atoms with E-state index in [0.29, 0.717) is 31.0 Å². The van der Waals surface area contributed by atoms with Crippen molar-refractivity contribution < 1.29 is 14.8 Å². The number of likely N-dealkylation sites (tertiary alicyclic amines) is 1. The minimum absolute atomic E-state index is 0.0455. The molecule has 7 heteroatoms. The predicted molar refractivity (Wildman–Crippen MR) is 113 cm³/mol. The van der Waals surface area contributed by atoms with Gasteiger partial charge in [-0.15, -0.1) is 0 Å². The maximum Gasteiger partial charge on any atom is 0.469 e. The zero-order valence-corrected chi connectivity index (χ0v) is 16.6. The molecule has 0 aliphatic carbocycles. The number of nitrogens with zero attached hydrogens (tertiary/aromatic N) is 1. The first-order valence-electron chi connectivity index (χ1n) is 10.3. The molecule has 5 N–H and O–H groups in total. The molecule has 0 saturated carbocycles. The van der Waals surface area contributed by atoms with E-state index in [1.807, 2.05) is 29.2 Å². The molecule has 29 heavy (non-hydrogen) atoms. The molecule has 2 aliphatic heterocycles. The molecule has 0 radical (unpaired) electrons. The van der Waals surface area contributed by atoms with Crippen LogP contribution in [0, 0.1) is 0 Å². The number of carbonyl (C=O) groups is 1. The van der Waals surface area contributed by atoms with Crippen molar-refractivity contribution in [2.45, 2.75) is 44.2 Å². The molecule has 1 fully saturated rings. The highest BCUT2D eigenvalue weighted by atomic mass is 16.4. The van der Waals surface area contributed by atoms with Crippen molar-refractivity contribution in [2.24, 2.45) is 5.73 Å². The molecule has 1 amide bonds. The number of fused-ring (bicyclic) bond motifs is 1. The van der Waals surface area contributed by atoms with Gasteiger partial charge < -0.3 is 26.0 Å². The molecule has 1 atom stereocenters. The second-order valence-corrected chi connectivity index (χ2v) is 8.06. The van der Waals surface area contributed by atoms with Crippen LogP contribution >= 0.6 is 0 Å². The Morgan fingerprint density at radius 2 is 1.93 bits per heavy atom. The average molecular weight is 393 g/mol. The molecule has 0 bridgehead atoms. The number of benzene rings is 2. The van der Waals surface area contributed by atoms with E-state index in [9.17, 15) is 14.8 Å². The van der Waals surface area contributed by atoms with Crippen molar-refractivity contribution >= 4 is 13.0 Å². The summed E-state index contributed by atoms with van der Waals surface area (Å²) in [6.45, 7) is 2.54. The zero-order chi connectivity index (χ0) is 20.4. The minimum Gasteiger partial charge on any atom is -0.426 e. The van der Waals surface area contributed by atoms with Gasteiger partial charge in [-0.05, 0) is 53.5 Å². The number of hydrogen-bond donors (Lipinski definition) is 4. The fraction of sp³-hybridized carbons (Fsp3) is 0.409. The maximum absolute atomic E-state index is 13.3. The molecule has 0 aromatic heterocycles. The molecule has 2 aromatic rings. The van der Waals surface area contributed by atoms with E-state index in [1.165, 1.54) is 5.56 Å². The summed E-state index contributed by atoms with van der Waals surface area (Å²) in [5, 5.41) is 22.2. The van der Waals surface area contributed by atoms with Gasteiger partial charge >= 0.3 is 7.12 Å². The molecule has 152 valence electrons. The van der Waals surface area contributed by atoms with E-state index in [0.717, 1.165) is 42.6 Å². The first-order chi connectivity index (χ1) is 14.1. The number of nitrogens with one attached hydrogen (secondary N) is 1. The van der Waals surface area contributed by atoms with Crippen LogP contribution in [0.5, 0.6) is 0 Å². The molecule has 2 aromatic carbocycles. The van der Waals surface area contributed by atoms with E-state index in [1.54, 1.807) is 0 Å². The lowest BCUT2D eigenvalue weighted by molar-refractivity contribution is 0.0711. The summed E-state index contributed by atoms with van der Waals surface area (Å²) in [6.07, 6.45) is 2.32. The van der Waals surface area contributed by atoms with Gasteiger partial charge in [0, 0.05) is 37.7 Å². The molecular weight excluding hydrogens is 365 g/mol. The Bertz CT molecular complexity index is 881. The van der Waals surface area contributed by atoms with Gasteiger partial charge in [-0.1, -0.05) is 36.4 Å². The van der Waals surface area contributed by atoms with Gasteiger partial charge in [0.1, 0.15) is 0 Å². The number of rotatable bonds is 4. The second-order valence-electron chi connectivity index (χ2n) is 8.06. The van der Waals surface area contributed by atoms with Crippen LogP contribution in [0.2, 0.25) is 0 Å². The predicted octanol–water partition coefficient (Wildman–Crippen LogP) is 1.19. The standard InChI is InChI=1S/C22H28BN3O3/c24-13-15-3-1-4-17(11-15)16-7-9-26(10-8-16)22(27)19-6-2-5-18-14-25-21(23(28)29)12-20(18)19/h1-6,11,16,21,25,28-29H,7-10,12-14,24H2. The largest absolute Gasteiger partial charge is 0.469 e. The molecule has 2 aliphatic rings. The van der Waals surface area contributed by atoms with E-state index in [4.69, 9.17) is 5.73 Å². The number of nitrogens with two attached hydrogens (primary N) is 1. The van der Waals surface area contributed by atoms with Gasteiger partial charge in [0.05, 0.1) is 0 Å². The minimum atomic E-state index is -1.44. The Kier molecular flexibility index (Phi) is 6.01. The van der Waals surface area contributed by atoms with Crippen molar-refractivity contribution in [1.29, 1.82) is 0 Å². The second kappa shape index (κ2) is 8.67. The van der Waals surface area contributed by atoms with Gasteiger partial charge in [0.2, 0.25) is 0 Å². The molecule has 0 spiro atoms. The van der Waals surface area contributed by atoms with Crippen LogP contribution in [0.25, 0.3) is 0 Å². The molecule has 1 saturated heterocycles. The SMILES string of the molecule is NCc1cccc(C2CCN(C(=O)c3cccc4c3CC(B(O)O)NC4)CC2)c1. The van der Waals surface area contributed by atoms with E-state index < -0.39 is 13.1 Å². The Balaban J connectivity index is 1.47. The van der Waals surface area contributed by atoms with Crippen LogP contribution < -0.4 is 11.1 Å². The number of carbonyl (C=O) groups excluding carboxylic acids is 1. The van der Waals surface area contributed by atoms with Gasteiger partial charge in [-0.2, -0.15) is 0 Å². The van der Waals surface area contributed by atoms with Crippen LogP contribution in [0.3, 0.4) is 0 Å². The number of amides is 1. The van der Waals surface area contributed by atoms with Crippen LogP contribution in [0.1, 0.15) is 51.4 Å². The summed E-state index contributed by atoms with van der Waals surface area (Å²) < 4.78 is 0. The fourth-order valence-electron chi connectivity index (χ4n) is 4.55. The number of hydrogen-bond acceptors (Lipinski definition) is 5. The summed E-state index contributed by atoms with van der Waals surface area (Å²) in [6, 6.07) is 14.2. The van der Waals surface area contributed by atoms with Crippen LogP contribution in [-0.2, 0) is 19.5 Å². The third-order valence-electron chi connectivity index (χ3n) is 6.28. The third kappa shape index (κ3) is 4.23. The molecular formula is C22H28BN3O3. The maximum atomic E-state index is 13.3. The van der Waals surface area contributed by atoms with Crippen LogP contribution in [0.15, 0.2) is 42.5 Å². The monoisotopic (exact) mass is 393 g/mol. The van der Waals surface area contributed by atoms with Gasteiger partial charge in [0.15, 0.2) is 0 Å². The highest BCUT2D eigenvalue weighted by Gasteiger charge is 2.32. The fourth-order valence-corrected chi connectivity index (χ4v) is 4.55. The quantitative estimate of drug-likeness (QED) is 0.585. The Hall–Kier alpha value is -2.19. The summed E-state index contributed by atoms with van der Waals surface area (Å²) in [5.41, 5.74) is 10.9. The Morgan fingerprint density at radius 3 is 2.66 bits per heavy atom. The lowest BCUT2D eigenvalue weighted by Gasteiger charge is -2.34. The van der Waals surface area contributed by atoms with E-state index >= 15 is 0 Å². The lowest BCUT2D eigenvalue weighted by Crippen LogP contribution is -2.48. The summed E-state index contributed by atoms with van der Waals surface area (Å²) >= 11 is 0. The molecule has 2 heterocycles. The van der Waals surface area contributed by atoms with Crippen LogP contribution in [-0.4, -0.2) is 47.0 Å². The highest BCUT2D eigenvalue weighted by Crippen LogP contribution is 2.30. The summed E-state index contributed by atoms with van der Waals surface area (Å²) in [7, 11) is -1.44. The normalized spacial score (nSPS) is 19.7. The topological polar surface area (TPSA) is 98.8 Å². The van der Waals surface area contributed by atoms with Gasteiger partial charge in [-0.3, -0.25) is 4.79 Å². The number of piperidine rings is 1. The van der Waals surface area contributed by atoms with Gasteiger partial charge in [0.25, 0.3) is 5.91 Å². The van der Waals surface area contributed by atoms with Crippen molar-refractivity contribution in [3.63, 3.8) is 0 Å². The molecule has 1 unspecified atom stereocenters. The van der Waals surface area contributed by atoms with Crippen molar-refractivity contribution in [1.82, 2.24) is 10.2 Å². The highest BCUT2D eigenvalue weighted by molar-refractivity contribution is 6.43. The smallest absolute Gasteiger partial charge is 0.426 e. The van der Waals surface area contributed by atoms with Crippen molar-refractivity contribution in [3.05, 3.63) is 70.3 Å². The van der Waals surface area contributed by atoms with Gasteiger partial charge in [-0.25, -0.2) is 0 Å². The van der Waals surface area contributed by atoms with E-state index in [-0.39, 0.29) is 5.91 Å². The summed E-state index contributed by atoms with van der Waals surface area (Å²) in [4.78, 5) is 15.2. The Morgan fingerprint density at radius 1 is 1.17 bits per heavy atom. The first-order valence-corrected chi connectivity index (χ1v) is 10.3.